The molecule has 4 rings (SSSR count). The van der Waals surface area contributed by atoms with Crippen LogP contribution in [0.1, 0.15) is 5.56 Å². The Bertz CT molecular complexity index is 735. The predicted molar refractivity (Wildman–Crippen MR) is 86.6 cm³/mol. The van der Waals surface area contributed by atoms with E-state index in [1.807, 2.05) is 48.5 Å². The standard InChI is InChI=1S/C17H14N2O2S/c20-15-17(13-7-3-1-4-8-13)18(11-12-22-17)16(21)19(15)14-9-5-2-6-10-14/h1-10H,11-12H2. The van der Waals surface area contributed by atoms with Gasteiger partial charge in [0.25, 0.3) is 5.91 Å². The maximum atomic E-state index is 13.2. The summed E-state index contributed by atoms with van der Waals surface area (Å²) in [5, 5.41) is 0. The number of carbonyl (C=O) groups excluding carboxylic acids is 2. The number of rotatable bonds is 2. The summed E-state index contributed by atoms with van der Waals surface area (Å²) < 4.78 is 0. The van der Waals surface area contributed by atoms with Gasteiger partial charge in [-0.15, -0.1) is 11.8 Å². The number of hydrogen-bond donors (Lipinski definition) is 0. The molecule has 2 aliphatic heterocycles. The second kappa shape index (κ2) is 4.88. The van der Waals surface area contributed by atoms with Crippen molar-refractivity contribution in [2.24, 2.45) is 0 Å². The third-order valence-electron chi connectivity index (χ3n) is 4.10. The first-order valence-corrected chi connectivity index (χ1v) is 8.14. The summed E-state index contributed by atoms with van der Waals surface area (Å²) in [6.45, 7) is 0.591. The van der Waals surface area contributed by atoms with Gasteiger partial charge in [-0.3, -0.25) is 9.69 Å². The molecule has 0 aliphatic carbocycles. The van der Waals surface area contributed by atoms with Crippen LogP contribution in [0.4, 0.5) is 10.5 Å². The van der Waals surface area contributed by atoms with Crippen LogP contribution in [0.25, 0.3) is 0 Å². The lowest BCUT2D eigenvalue weighted by molar-refractivity contribution is -0.121. The molecule has 4 nitrogen and oxygen atoms in total. The lowest BCUT2D eigenvalue weighted by Gasteiger charge is -2.27. The van der Waals surface area contributed by atoms with Crippen LogP contribution in [0.2, 0.25) is 0 Å². The minimum atomic E-state index is -0.909. The minimum Gasteiger partial charge on any atom is -0.296 e. The van der Waals surface area contributed by atoms with Crippen LogP contribution >= 0.6 is 11.8 Å². The first-order chi connectivity index (χ1) is 10.7. The molecule has 2 aromatic rings. The summed E-state index contributed by atoms with van der Waals surface area (Å²) in [6, 6.07) is 18.5. The number of urea groups is 1. The number of imide groups is 1. The number of benzene rings is 2. The zero-order valence-corrected chi connectivity index (χ0v) is 12.6. The molecule has 0 spiro atoms. The van der Waals surface area contributed by atoms with Crippen LogP contribution < -0.4 is 4.90 Å². The molecule has 22 heavy (non-hydrogen) atoms. The van der Waals surface area contributed by atoms with E-state index in [0.717, 1.165) is 11.3 Å². The van der Waals surface area contributed by atoms with Crippen molar-refractivity contribution in [1.29, 1.82) is 0 Å². The van der Waals surface area contributed by atoms with Crippen molar-refractivity contribution < 1.29 is 9.59 Å². The minimum absolute atomic E-state index is 0.169. The fourth-order valence-electron chi connectivity index (χ4n) is 3.12. The Balaban J connectivity index is 1.86. The molecule has 0 aromatic heterocycles. The highest BCUT2D eigenvalue weighted by Gasteiger charge is 2.61. The number of anilines is 1. The third kappa shape index (κ3) is 1.66. The van der Waals surface area contributed by atoms with Crippen LogP contribution in [-0.4, -0.2) is 29.1 Å². The molecule has 0 saturated carbocycles. The van der Waals surface area contributed by atoms with E-state index >= 15 is 0 Å². The van der Waals surface area contributed by atoms with Crippen molar-refractivity contribution in [2.45, 2.75) is 4.87 Å². The van der Waals surface area contributed by atoms with Crippen molar-refractivity contribution in [3.8, 4) is 0 Å². The summed E-state index contributed by atoms with van der Waals surface area (Å²) in [7, 11) is 0. The van der Waals surface area contributed by atoms with E-state index in [1.54, 1.807) is 17.0 Å². The first-order valence-electron chi connectivity index (χ1n) is 7.16. The Morgan fingerprint density at radius 3 is 2.23 bits per heavy atom. The Hall–Kier alpha value is -2.27. The summed E-state index contributed by atoms with van der Waals surface area (Å²) in [4.78, 5) is 28.0. The second-order valence-corrected chi connectivity index (χ2v) is 6.56. The molecule has 1 unspecified atom stereocenters. The van der Waals surface area contributed by atoms with Crippen LogP contribution in [0.3, 0.4) is 0 Å². The van der Waals surface area contributed by atoms with Gasteiger partial charge >= 0.3 is 6.03 Å². The number of hydrogen-bond acceptors (Lipinski definition) is 3. The van der Waals surface area contributed by atoms with Gasteiger partial charge in [0.05, 0.1) is 5.69 Å². The number of amides is 3. The molecule has 2 fully saturated rings. The molecule has 2 saturated heterocycles. The van der Waals surface area contributed by atoms with Gasteiger partial charge in [0.15, 0.2) is 4.87 Å². The van der Waals surface area contributed by atoms with Gasteiger partial charge in [0.1, 0.15) is 0 Å². The molecular weight excluding hydrogens is 296 g/mol. The highest BCUT2D eigenvalue weighted by Crippen LogP contribution is 2.51. The van der Waals surface area contributed by atoms with E-state index in [9.17, 15) is 9.59 Å². The normalized spacial score (nSPS) is 24.0. The smallest absolute Gasteiger partial charge is 0.296 e. The maximum Gasteiger partial charge on any atom is 0.333 e. The number of nitrogens with zero attached hydrogens (tertiary/aromatic N) is 2. The van der Waals surface area contributed by atoms with Crippen molar-refractivity contribution in [3.63, 3.8) is 0 Å². The maximum absolute atomic E-state index is 13.2. The summed E-state index contributed by atoms with van der Waals surface area (Å²) in [5.74, 6) is 0.604. The quantitative estimate of drug-likeness (QED) is 0.801. The number of thioether (sulfide) groups is 1. The second-order valence-electron chi connectivity index (χ2n) is 5.27. The molecule has 0 radical (unpaired) electrons. The van der Waals surface area contributed by atoms with E-state index in [1.165, 1.54) is 16.7 Å². The van der Waals surface area contributed by atoms with Crippen LogP contribution in [0.15, 0.2) is 60.7 Å². The van der Waals surface area contributed by atoms with Crippen LogP contribution in [0, 0.1) is 0 Å². The third-order valence-corrected chi connectivity index (χ3v) is 5.54. The number of carbonyl (C=O) groups is 2. The Morgan fingerprint density at radius 1 is 0.909 bits per heavy atom. The Labute approximate surface area is 132 Å². The van der Waals surface area contributed by atoms with Gasteiger partial charge < -0.3 is 0 Å². The fourth-order valence-corrected chi connectivity index (χ4v) is 4.53. The largest absolute Gasteiger partial charge is 0.333 e. The SMILES string of the molecule is O=C1N(c2ccccc2)C(=O)C2(c3ccccc3)SCCN12. The van der Waals surface area contributed by atoms with Gasteiger partial charge in [-0.2, -0.15) is 0 Å². The molecule has 5 heteroatoms. The molecule has 3 amide bonds. The fraction of sp³-hybridized carbons (Fsp3) is 0.176. The van der Waals surface area contributed by atoms with E-state index in [4.69, 9.17) is 0 Å². The summed E-state index contributed by atoms with van der Waals surface area (Å²) >= 11 is 1.54. The van der Waals surface area contributed by atoms with E-state index in [2.05, 4.69) is 0 Å². The van der Waals surface area contributed by atoms with Gasteiger partial charge in [0.2, 0.25) is 0 Å². The molecule has 2 aromatic carbocycles. The molecule has 110 valence electrons. The molecule has 1 atom stereocenters. The van der Waals surface area contributed by atoms with Gasteiger partial charge in [0, 0.05) is 12.3 Å². The van der Waals surface area contributed by atoms with Gasteiger partial charge in [-0.1, -0.05) is 48.5 Å². The topological polar surface area (TPSA) is 40.6 Å². The van der Waals surface area contributed by atoms with Crippen molar-refractivity contribution >= 4 is 29.4 Å². The van der Waals surface area contributed by atoms with Gasteiger partial charge in [-0.25, -0.2) is 9.69 Å². The zero-order chi connectivity index (χ0) is 15.2. The average molecular weight is 310 g/mol. The van der Waals surface area contributed by atoms with Gasteiger partial charge in [-0.05, 0) is 17.7 Å². The summed E-state index contributed by atoms with van der Waals surface area (Å²) in [6.07, 6.45) is 0. The number of fused-ring (bicyclic) bond motifs is 1. The molecule has 0 N–H and O–H groups in total. The van der Waals surface area contributed by atoms with Crippen LogP contribution in [0.5, 0.6) is 0 Å². The Morgan fingerprint density at radius 2 is 1.55 bits per heavy atom. The average Bonchev–Trinajstić information content (AvgIpc) is 3.10. The lowest BCUT2D eigenvalue weighted by Crippen LogP contribution is -2.39. The van der Waals surface area contributed by atoms with Crippen molar-refractivity contribution in [1.82, 2.24) is 4.90 Å². The zero-order valence-electron chi connectivity index (χ0n) is 11.8. The van der Waals surface area contributed by atoms with Crippen LogP contribution in [-0.2, 0) is 9.67 Å². The highest BCUT2D eigenvalue weighted by atomic mass is 32.2. The van der Waals surface area contributed by atoms with E-state index in [0.29, 0.717) is 12.2 Å². The monoisotopic (exact) mass is 310 g/mol. The number of para-hydroxylation sites is 1. The highest BCUT2D eigenvalue weighted by molar-refractivity contribution is 8.01. The molecular formula is C17H14N2O2S. The van der Waals surface area contributed by atoms with Crippen molar-refractivity contribution in [2.75, 3.05) is 17.2 Å². The molecule has 0 bridgehead atoms. The predicted octanol–water partition coefficient (Wildman–Crippen LogP) is 3.06. The van der Waals surface area contributed by atoms with E-state index < -0.39 is 4.87 Å². The summed E-state index contributed by atoms with van der Waals surface area (Å²) in [5.41, 5.74) is 1.50. The van der Waals surface area contributed by atoms with E-state index in [-0.39, 0.29) is 11.9 Å². The molecule has 2 aliphatic rings. The first kappa shape index (κ1) is 13.4. The molecule has 2 heterocycles. The van der Waals surface area contributed by atoms with Crippen molar-refractivity contribution in [3.05, 3.63) is 66.2 Å². The Kier molecular flexibility index (Phi) is 2.97. The lowest BCUT2D eigenvalue weighted by atomic mass is 10.1.